The van der Waals surface area contributed by atoms with E-state index >= 15 is 0 Å². The lowest BCUT2D eigenvalue weighted by Crippen LogP contribution is -2.46. The summed E-state index contributed by atoms with van der Waals surface area (Å²) in [6.45, 7) is 5.56. The number of carbonyl (C=O) groups excluding carboxylic acids is 1. The van der Waals surface area contributed by atoms with Gasteiger partial charge in [0.1, 0.15) is 11.8 Å². The van der Waals surface area contributed by atoms with Gasteiger partial charge >= 0.3 is 6.03 Å². The van der Waals surface area contributed by atoms with Crippen LogP contribution in [0, 0.1) is 11.3 Å². The predicted octanol–water partition coefficient (Wildman–Crippen LogP) is 4.26. The third kappa shape index (κ3) is 5.30. The number of aliphatic hydroxyl groups excluding tert-OH is 1. The van der Waals surface area contributed by atoms with Crippen molar-refractivity contribution < 1.29 is 19.2 Å². The number of benzene rings is 2. The standard InChI is InChI=1S/C28H31N5O4/c1-17(2)36-25-9-7-18(14-20(25)15-29)27-31-26(32-37-27)24-5-3-4-22-19(6-8-23(22)24)16-30-28(35)33-12-10-21(34)11-13-33/h3-5,7,9,14,17,19,21,34H,6,8,10-13,16H2,1-2H3,(H,30,35)/t19-/m1/s1. The van der Waals surface area contributed by atoms with Crippen LogP contribution >= 0.6 is 0 Å². The highest BCUT2D eigenvalue weighted by molar-refractivity contribution is 5.74. The van der Waals surface area contributed by atoms with Gasteiger partial charge in [-0.05, 0) is 68.9 Å². The van der Waals surface area contributed by atoms with Crippen molar-refractivity contribution in [2.45, 2.75) is 57.7 Å². The van der Waals surface area contributed by atoms with E-state index in [-0.39, 0.29) is 24.2 Å². The largest absolute Gasteiger partial charge is 0.490 e. The van der Waals surface area contributed by atoms with Crippen molar-refractivity contribution in [3.63, 3.8) is 0 Å². The number of nitriles is 1. The molecule has 2 aliphatic rings. The number of nitrogens with one attached hydrogen (secondary N) is 1. The molecule has 1 saturated heterocycles. The Morgan fingerprint density at radius 2 is 2.08 bits per heavy atom. The van der Waals surface area contributed by atoms with Gasteiger partial charge in [-0.25, -0.2) is 4.79 Å². The molecule has 1 aliphatic carbocycles. The molecule has 1 aromatic heterocycles. The van der Waals surface area contributed by atoms with E-state index in [2.05, 4.69) is 27.6 Å². The summed E-state index contributed by atoms with van der Waals surface area (Å²) in [5, 5.41) is 26.5. The number of piperidine rings is 1. The van der Waals surface area contributed by atoms with Crippen molar-refractivity contribution in [2.75, 3.05) is 19.6 Å². The molecule has 192 valence electrons. The predicted molar refractivity (Wildman–Crippen MR) is 137 cm³/mol. The molecule has 1 fully saturated rings. The van der Waals surface area contributed by atoms with Crippen LogP contribution < -0.4 is 10.1 Å². The average molecular weight is 502 g/mol. The Bertz CT molecular complexity index is 1320. The minimum absolute atomic E-state index is 0.0379. The minimum Gasteiger partial charge on any atom is -0.490 e. The number of aliphatic hydroxyl groups is 1. The van der Waals surface area contributed by atoms with Crippen LogP contribution in [0.4, 0.5) is 4.79 Å². The lowest BCUT2D eigenvalue weighted by Gasteiger charge is -2.30. The zero-order valence-corrected chi connectivity index (χ0v) is 21.1. The van der Waals surface area contributed by atoms with Crippen LogP contribution in [0.2, 0.25) is 0 Å². The van der Waals surface area contributed by atoms with E-state index in [0.717, 1.165) is 18.4 Å². The molecular formula is C28H31N5O4. The first kappa shape index (κ1) is 24.8. The highest BCUT2D eigenvalue weighted by Gasteiger charge is 2.28. The Morgan fingerprint density at radius 3 is 2.84 bits per heavy atom. The molecule has 2 heterocycles. The maximum atomic E-state index is 12.6. The molecule has 0 radical (unpaired) electrons. The number of carbonyl (C=O) groups is 1. The Kier molecular flexibility index (Phi) is 7.10. The number of rotatable bonds is 6. The van der Waals surface area contributed by atoms with Crippen LogP contribution in [0.15, 0.2) is 40.9 Å². The maximum absolute atomic E-state index is 12.6. The molecule has 9 heteroatoms. The van der Waals surface area contributed by atoms with Crippen molar-refractivity contribution in [1.29, 1.82) is 5.26 Å². The van der Waals surface area contributed by atoms with E-state index in [1.165, 1.54) is 11.1 Å². The number of amides is 2. The number of fused-ring (bicyclic) bond motifs is 1. The minimum atomic E-state index is -0.304. The van der Waals surface area contributed by atoms with Gasteiger partial charge in [-0.2, -0.15) is 10.2 Å². The summed E-state index contributed by atoms with van der Waals surface area (Å²) in [6.07, 6.45) is 2.71. The fraction of sp³-hybridized carbons (Fsp3) is 0.429. The number of likely N-dealkylation sites (tertiary alicyclic amines) is 1. The van der Waals surface area contributed by atoms with Gasteiger partial charge in [-0.15, -0.1) is 0 Å². The number of aromatic nitrogens is 2. The van der Waals surface area contributed by atoms with E-state index in [4.69, 9.17) is 9.26 Å². The van der Waals surface area contributed by atoms with Crippen LogP contribution in [0.3, 0.4) is 0 Å². The SMILES string of the molecule is CC(C)Oc1ccc(-c2nc(-c3cccc4c3CC[C@@H]4CNC(=O)N3CCC(O)CC3)no2)cc1C#N. The van der Waals surface area contributed by atoms with Gasteiger partial charge in [-0.1, -0.05) is 23.4 Å². The van der Waals surface area contributed by atoms with Crippen molar-refractivity contribution in [3.8, 4) is 34.7 Å². The van der Waals surface area contributed by atoms with Crippen LogP contribution in [0.5, 0.6) is 5.75 Å². The second-order valence-electron chi connectivity index (χ2n) is 9.93. The molecule has 37 heavy (non-hydrogen) atoms. The average Bonchev–Trinajstić information content (AvgIpc) is 3.55. The summed E-state index contributed by atoms with van der Waals surface area (Å²) in [5.41, 5.74) is 4.36. The number of ether oxygens (including phenoxy) is 1. The first-order chi connectivity index (χ1) is 17.9. The maximum Gasteiger partial charge on any atom is 0.317 e. The van der Waals surface area contributed by atoms with E-state index in [1.807, 2.05) is 32.0 Å². The number of nitrogens with zero attached hydrogens (tertiary/aromatic N) is 4. The smallest absolute Gasteiger partial charge is 0.317 e. The Balaban J connectivity index is 1.30. The third-order valence-electron chi connectivity index (χ3n) is 7.02. The van der Waals surface area contributed by atoms with Crippen LogP contribution in [0.1, 0.15) is 55.7 Å². The molecule has 0 unspecified atom stereocenters. The van der Waals surface area contributed by atoms with Gasteiger partial charge in [0.2, 0.25) is 5.82 Å². The molecule has 0 spiro atoms. The van der Waals surface area contributed by atoms with Gasteiger partial charge in [0, 0.05) is 36.7 Å². The number of urea groups is 1. The summed E-state index contributed by atoms with van der Waals surface area (Å²) >= 11 is 0. The van der Waals surface area contributed by atoms with Crippen molar-refractivity contribution in [2.24, 2.45) is 0 Å². The van der Waals surface area contributed by atoms with Gasteiger partial charge < -0.3 is 24.6 Å². The van der Waals surface area contributed by atoms with E-state index in [1.54, 1.807) is 17.0 Å². The Morgan fingerprint density at radius 1 is 1.27 bits per heavy atom. The second-order valence-corrected chi connectivity index (χ2v) is 9.93. The summed E-state index contributed by atoms with van der Waals surface area (Å²) in [5.74, 6) is 1.59. The molecule has 1 aliphatic heterocycles. The monoisotopic (exact) mass is 501 g/mol. The number of hydrogen-bond acceptors (Lipinski definition) is 7. The van der Waals surface area contributed by atoms with Crippen LogP contribution in [0.25, 0.3) is 22.8 Å². The quantitative estimate of drug-likeness (QED) is 0.517. The zero-order valence-electron chi connectivity index (χ0n) is 21.1. The zero-order chi connectivity index (χ0) is 25.9. The third-order valence-corrected chi connectivity index (χ3v) is 7.02. The molecule has 0 bridgehead atoms. The molecule has 2 amide bonds. The van der Waals surface area contributed by atoms with E-state index in [9.17, 15) is 15.2 Å². The number of hydrogen-bond donors (Lipinski definition) is 2. The van der Waals surface area contributed by atoms with Crippen molar-refractivity contribution >= 4 is 6.03 Å². The fourth-order valence-corrected chi connectivity index (χ4v) is 5.11. The topological polar surface area (TPSA) is 125 Å². The molecule has 1 atom stereocenters. The second kappa shape index (κ2) is 10.6. The fourth-order valence-electron chi connectivity index (χ4n) is 5.11. The van der Waals surface area contributed by atoms with Gasteiger partial charge in [0.15, 0.2) is 0 Å². The highest BCUT2D eigenvalue weighted by atomic mass is 16.5. The Labute approximate surface area is 216 Å². The van der Waals surface area contributed by atoms with Crippen molar-refractivity contribution in [3.05, 3.63) is 53.1 Å². The highest BCUT2D eigenvalue weighted by Crippen LogP contribution is 2.38. The van der Waals surface area contributed by atoms with Gasteiger partial charge in [0.05, 0.1) is 17.8 Å². The molecule has 2 N–H and O–H groups in total. The van der Waals surface area contributed by atoms with Crippen molar-refractivity contribution in [1.82, 2.24) is 20.4 Å². The normalized spacial score (nSPS) is 17.5. The van der Waals surface area contributed by atoms with E-state index < -0.39 is 0 Å². The molecular weight excluding hydrogens is 470 g/mol. The summed E-state index contributed by atoms with van der Waals surface area (Å²) < 4.78 is 11.3. The van der Waals surface area contributed by atoms with Crippen LogP contribution in [-0.2, 0) is 6.42 Å². The lowest BCUT2D eigenvalue weighted by molar-refractivity contribution is 0.0936. The lowest BCUT2D eigenvalue weighted by atomic mass is 9.98. The van der Waals surface area contributed by atoms with Gasteiger partial charge in [-0.3, -0.25) is 0 Å². The summed E-state index contributed by atoms with van der Waals surface area (Å²) in [6, 6.07) is 13.5. The Hall–Kier alpha value is -3.90. The first-order valence-electron chi connectivity index (χ1n) is 12.8. The van der Waals surface area contributed by atoms with Gasteiger partial charge in [0.25, 0.3) is 5.89 Å². The molecule has 3 aromatic rings. The molecule has 9 nitrogen and oxygen atoms in total. The van der Waals surface area contributed by atoms with Crippen LogP contribution in [-0.4, -0.2) is 58.0 Å². The molecule has 2 aromatic carbocycles. The summed E-state index contributed by atoms with van der Waals surface area (Å²) in [7, 11) is 0. The first-order valence-corrected chi connectivity index (χ1v) is 12.8. The molecule has 5 rings (SSSR count). The van der Waals surface area contributed by atoms with E-state index in [0.29, 0.717) is 61.1 Å². The summed E-state index contributed by atoms with van der Waals surface area (Å²) in [4.78, 5) is 19.0. The molecule has 0 saturated carbocycles.